The van der Waals surface area contributed by atoms with Crippen LogP contribution in [0.1, 0.15) is 27.0 Å². The molecule has 0 fully saturated rings. The summed E-state index contributed by atoms with van der Waals surface area (Å²) in [5.41, 5.74) is 9.59. The van der Waals surface area contributed by atoms with Gasteiger partial charge in [0.1, 0.15) is 0 Å². The average Bonchev–Trinajstić information content (AvgIpc) is 2.98. The lowest BCUT2D eigenvalue weighted by Gasteiger charge is -2.02. The molecular formula is C14H11N3O3S. The monoisotopic (exact) mass is 301 g/mol. The fourth-order valence-corrected chi connectivity index (χ4v) is 2.57. The summed E-state index contributed by atoms with van der Waals surface area (Å²) in [5, 5.41) is 3.05. The van der Waals surface area contributed by atoms with E-state index in [2.05, 4.69) is 10.0 Å². The minimum atomic E-state index is -0.600. The highest BCUT2D eigenvalue weighted by molar-refractivity contribution is 7.17. The molecule has 0 aliphatic rings. The summed E-state index contributed by atoms with van der Waals surface area (Å²) in [7, 11) is 0. The largest absolute Gasteiger partial charge is 0.462 e. The molecule has 0 N–H and O–H groups in total. The van der Waals surface area contributed by atoms with Gasteiger partial charge in [0, 0.05) is 9.79 Å². The third-order valence-corrected chi connectivity index (χ3v) is 3.76. The van der Waals surface area contributed by atoms with E-state index in [9.17, 15) is 9.59 Å². The quantitative estimate of drug-likeness (QED) is 0.369. The van der Waals surface area contributed by atoms with Crippen LogP contribution in [0.15, 0.2) is 41.5 Å². The van der Waals surface area contributed by atoms with Crippen molar-refractivity contribution in [3.63, 3.8) is 0 Å². The first-order valence-electron chi connectivity index (χ1n) is 6.12. The molecule has 2 aromatic rings. The molecule has 2 rings (SSSR count). The lowest BCUT2D eigenvalue weighted by Crippen LogP contribution is -2.03. The molecule has 0 atom stereocenters. The Kier molecular flexibility index (Phi) is 4.71. The fraction of sp³-hybridized carbons (Fsp3) is 0.143. The third-order valence-electron chi connectivity index (χ3n) is 2.63. The number of rotatable bonds is 4. The van der Waals surface area contributed by atoms with Crippen LogP contribution >= 0.6 is 11.3 Å². The summed E-state index contributed by atoms with van der Waals surface area (Å²) >= 11 is 1.23. The Bertz CT molecular complexity index is 715. The van der Waals surface area contributed by atoms with Gasteiger partial charge < -0.3 is 4.74 Å². The van der Waals surface area contributed by atoms with E-state index in [4.69, 9.17) is 10.3 Å². The van der Waals surface area contributed by atoms with Gasteiger partial charge in [-0.2, -0.15) is 0 Å². The van der Waals surface area contributed by atoms with Crippen LogP contribution in [0, 0.1) is 0 Å². The number of hydrogen-bond donors (Lipinski definition) is 0. The van der Waals surface area contributed by atoms with Crippen molar-refractivity contribution in [3.8, 4) is 10.4 Å². The van der Waals surface area contributed by atoms with E-state index in [1.54, 1.807) is 43.3 Å². The number of esters is 1. The van der Waals surface area contributed by atoms with Crippen LogP contribution in [0.25, 0.3) is 20.9 Å². The number of thiophene rings is 1. The zero-order chi connectivity index (χ0) is 15.2. The van der Waals surface area contributed by atoms with Gasteiger partial charge in [-0.05, 0) is 47.4 Å². The molecule has 0 saturated carbocycles. The molecule has 0 saturated heterocycles. The van der Waals surface area contributed by atoms with Crippen LogP contribution in [0.5, 0.6) is 0 Å². The number of carbonyl (C=O) groups excluding carboxylic acids is 2. The number of hydrogen-bond acceptors (Lipinski definition) is 4. The molecule has 106 valence electrons. The molecule has 6 nitrogen and oxygen atoms in total. The molecule has 0 aliphatic heterocycles. The topological polar surface area (TPSA) is 92.1 Å². The van der Waals surface area contributed by atoms with E-state index >= 15 is 0 Å². The lowest BCUT2D eigenvalue weighted by molar-refractivity contribution is 0.0526. The molecule has 0 radical (unpaired) electrons. The van der Waals surface area contributed by atoms with Crippen molar-refractivity contribution in [2.24, 2.45) is 5.11 Å². The first-order valence-corrected chi connectivity index (χ1v) is 6.94. The number of ether oxygens (including phenoxy) is 1. The summed E-state index contributed by atoms with van der Waals surface area (Å²) in [6, 6.07) is 10.3. The molecule has 0 bridgehead atoms. The van der Waals surface area contributed by atoms with E-state index in [0.717, 1.165) is 10.4 Å². The van der Waals surface area contributed by atoms with Crippen molar-refractivity contribution in [2.75, 3.05) is 6.61 Å². The minimum absolute atomic E-state index is 0.330. The summed E-state index contributed by atoms with van der Waals surface area (Å²) in [6.07, 6.45) is 0. The second-order valence-corrected chi connectivity index (χ2v) is 5.04. The van der Waals surface area contributed by atoms with Gasteiger partial charge in [-0.15, -0.1) is 11.3 Å². The molecule has 21 heavy (non-hydrogen) atoms. The Hall–Kier alpha value is -2.63. The number of azide groups is 1. The highest BCUT2D eigenvalue weighted by atomic mass is 32.1. The highest BCUT2D eigenvalue weighted by Crippen LogP contribution is 2.28. The van der Waals surface area contributed by atoms with Gasteiger partial charge in [-0.1, -0.05) is 12.1 Å². The molecule has 0 unspecified atom stereocenters. The zero-order valence-corrected chi connectivity index (χ0v) is 12.0. The van der Waals surface area contributed by atoms with E-state index in [1.165, 1.54) is 11.3 Å². The Morgan fingerprint density at radius 1 is 1.24 bits per heavy atom. The Morgan fingerprint density at radius 3 is 2.57 bits per heavy atom. The molecule has 0 aliphatic carbocycles. The molecule has 1 aromatic heterocycles. The molecule has 7 heteroatoms. The van der Waals surface area contributed by atoms with Crippen molar-refractivity contribution < 1.29 is 14.3 Å². The maximum Gasteiger partial charge on any atom is 0.338 e. The zero-order valence-electron chi connectivity index (χ0n) is 11.1. The van der Waals surface area contributed by atoms with Gasteiger partial charge in [0.2, 0.25) is 0 Å². The number of benzene rings is 1. The Balaban J connectivity index is 2.21. The predicted molar refractivity (Wildman–Crippen MR) is 79.2 cm³/mol. The van der Waals surface area contributed by atoms with Crippen molar-refractivity contribution in [3.05, 3.63) is 57.3 Å². The number of carbonyl (C=O) groups is 2. The summed E-state index contributed by atoms with van der Waals surface area (Å²) in [5.74, 6) is -0.966. The van der Waals surface area contributed by atoms with Gasteiger partial charge >= 0.3 is 5.97 Å². The second-order valence-electron chi connectivity index (χ2n) is 3.96. The highest BCUT2D eigenvalue weighted by Gasteiger charge is 2.10. The molecule has 1 aromatic carbocycles. The van der Waals surface area contributed by atoms with E-state index < -0.39 is 5.91 Å². The van der Waals surface area contributed by atoms with Crippen LogP contribution in [-0.2, 0) is 4.74 Å². The summed E-state index contributed by atoms with van der Waals surface area (Å²) in [4.78, 5) is 26.7. The normalized spacial score (nSPS) is 9.76. The van der Waals surface area contributed by atoms with Gasteiger partial charge in [0.25, 0.3) is 5.91 Å². The Morgan fingerprint density at radius 2 is 1.95 bits per heavy atom. The molecule has 1 amide bonds. The number of amides is 1. The maximum atomic E-state index is 11.5. The van der Waals surface area contributed by atoms with Crippen molar-refractivity contribution >= 4 is 23.2 Å². The summed E-state index contributed by atoms with van der Waals surface area (Å²) in [6.45, 7) is 2.08. The van der Waals surface area contributed by atoms with Crippen molar-refractivity contribution in [1.82, 2.24) is 0 Å². The minimum Gasteiger partial charge on any atom is -0.462 e. The molecule has 1 heterocycles. The maximum absolute atomic E-state index is 11.5. The van der Waals surface area contributed by atoms with Crippen molar-refractivity contribution in [2.45, 2.75) is 6.92 Å². The van der Waals surface area contributed by atoms with Crippen LogP contribution < -0.4 is 0 Å². The smallest absolute Gasteiger partial charge is 0.338 e. The van der Waals surface area contributed by atoms with Gasteiger partial charge in [-0.3, -0.25) is 4.79 Å². The molecule has 0 spiro atoms. The van der Waals surface area contributed by atoms with Gasteiger partial charge in [-0.25, -0.2) is 4.79 Å². The fourth-order valence-electron chi connectivity index (χ4n) is 1.68. The van der Waals surface area contributed by atoms with Crippen LogP contribution in [0.2, 0.25) is 0 Å². The van der Waals surface area contributed by atoms with E-state index in [-0.39, 0.29) is 5.97 Å². The van der Waals surface area contributed by atoms with Crippen LogP contribution in [0.3, 0.4) is 0 Å². The first kappa shape index (κ1) is 14.8. The second kappa shape index (κ2) is 6.69. The number of nitrogens with zero attached hydrogens (tertiary/aromatic N) is 3. The van der Waals surface area contributed by atoms with Crippen molar-refractivity contribution in [1.29, 1.82) is 0 Å². The van der Waals surface area contributed by atoms with Crippen LogP contribution in [-0.4, -0.2) is 18.5 Å². The first-order chi connectivity index (χ1) is 10.2. The Labute approximate surface area is 124 Å². The van der Waals surface area contributed by atoms with Gasteiger partial charge in [0.05, 0.1) is 17.0 Å². The van der Waals surface area contributed by atoms with E-state index in [1.807, 2.05) is 0 Å². The average molecular weight is 301 g/mol. The summed E-state index contributed by atoms with van der Waals surface area (Å²) < 4.78 is 4.91. The van der Waals surface area contributed by atoms with E-state index in [0.29, 0.717) is 17.0 Å². The standard InChI is InChI=1S/C14H11N3O3S/c1-2-20-14(19)10-5-3-9(4-6-10)11-7-8-12(21-11)13(18)16-17-15/h3-8H,2H2,1H3. The third kappa shape index (κ3) is 3.47. The van der Waals surface area contributed by atoms with Crippen LogP contribution in [0.4, 0.5) is 0 Å². The predicted octanol–water partition coefficient (Wildman–Crippen LogP) is 4.04. The SMILES string of the molecule is CCOC(=O)c1ccc(-c2ccc(C(=O)N=[N+]=[N-])s2)cc1. The lowest BCUT2D eigenvalue weighted by atomic mass is 10.1. The van der Waals surface area contributed by atoms with Gasteiger partial charge in [0.15, 0.2) is 0 Å². The molecular weight excluding hydrogens is 290 g/mol.